The van der Waals surface area contributed by atoms with E-state index in [4.69, 9.17) is 5.73 Å². The van der Waals surface area contributed by atoms with Crippen molar-refractivity contribution in [2.24, 2.45) is 5.92 Å². The fraction of sp³-hybridized carbons (Fsp3) is 0.562. The lowest BCUT2D eigenvalue weighted by molar-refractivity contribution is 0.0963. The topological polar surface area (TPSA) is 70.4 Å². The van der Waals surface area contributed by atoms with E-state index >= 15 is 0 Å². The van der Waals surface area contributed by atoms with Gasteiger partial charge in [0.1, 0.15) is 0 Å². The number of carbonyl (C=O) groups excluding carboxylic acids is 1. The quantitative estimate of drug-likeness (QED) is 0.723. The van der Waals surface area contributed by atoms with E-state index in [0.29, 0.717) is 11.3 Å². The van der Waals surface area contributed by atoms with Gasteiger partial charge in [-0.1, -0.05) is 0 Å². The molecule has 4 N–H and O–H groups in total. The predicted molar refractivity (Wildman–Crippen MR) is 87.6 cm³/mol. The molecule has 1 aromatic carbocycles. The Kier molecular flexibility index (Phi) is 5.44. The Balaban J connectivity index is 1.86. The van der Waals surface area contributed by atoms with E-state index in [1.807, 2.05) is 6.07 Å². The van der Waals surface area contributed by atoms with Crippen molar-refractivity contribution in [2.75, 3.05) is 44.8 Å². The summed E-state index contributed by atoms with van der Waals surface area (Å²) in [4.78, 5) is 14.0. The van der Waals surface area contributed by atoms with Crippen molar-refractivity contribution in [3.63, 3.8) is 0 Å². The first kappa shape index (κ1) is 15.6. The van der Waals surface area contributed by atoms with Crippen LogP contribution in [0.3, 0.4) is 0 Å². The molecule has 0 aliphatic carbocycles. The third kappa shape index (κ3) is 4.36. The number of carbonyl (C=O) groups is 1. The third-order valence-electron chi connectivity index (χ3n) is 4.25. The lowest BCUT2D eigenvalue weighted by Crippen LogP contribution is -2.30. The van der Waals surface area contributed by atoms with Gasteiger partial charge in [0.15, 0.2) is 0 Å². The van der Waals surface area contributed by atoms with Crippen molar-refractivity contribution < 1.29 is 4.79 Å². The van der Waals surface area contributed by atoms with Crippen LogP contribution in [0.15, 0.2) is 18.2 Å². The van der Waals surface area contributed by atoms with Gasteiger partial charge in [-0.25, -0.2) is 0 Å². The zero-order chi connectivity index (χ0) is 15.2. The summed E-state index contributed by atoms with van der Waals surface area (Å²) >= 11 is 0. The molecule has 0 radical (unpaired) electrons. The Morgan fingerprint density at radius 2 is 2.10 bits per heavy atom. The normalized spacial score (nSPS) is 16.7. The van der Waals surface area contributed by atoms with Crippen LogP contribution in [0.4, 0.5) is 11.4 Å². The average Bonchev–Trinajstić information content (AvgIpc) is 2.50. The summed E-state index contributed by atoms with van der Waals surface area (Å²) in [6.45, 7) is 3.29. The highest BCUT2D eigenvalue weighted by atomic mass is 16.1. The molecule has 2 rings (SSSR count). The van der Waals surface area contributed by atoms with Crippen LogP contribution >= 0.6 is 0 Å². The number of nitrogens with two attached hydrogens (primary N) is 1. The Morgan fingerprint density at radius 3 is 2.76 bits per heavy atom. The number of hydrogen-bond acceptors (Lipinski definition) is 4. The highest BCUT2D eigenvalue weighted by Crippen LogP contribution is 2.22. The minimum absolute atomic E-state index is 0.0895. The number of hydrogen-bond donors (Lipinski definition) is 3. The van der Waals surface area contributed by atoms with Crippen LogP contribution in [-0.2, 0) is 0 Å². The van der Waals surface area contributed by atoms with Crippen LogP contribution in [-0.4, -0.2) is 44.5 Å². The van der Waals surface area contributed by atoms with E-state index < -0.39 is 0 Å². The zero-order valence-electron chi connectivity index (χ0n) is 13.0. The van der Waals surface area contributed by atoms with Crippen molar-refractivity contribution in [1.29, 1.82) is 0 Å². The molecule has 1 heterocycles. The van der Waals surface area contributed by atoms with E-state index in [-0.39, 0.29) is 5.91 Å². The Labute approximate surface area is 126 Å². The van der Waals surface area contributed by atoms with Gasteiger partial charge in [-0.2, -0.15) is 0 Å². The molecule has 1 aliphatic rings. The monoisotopic (exact) mass is 290 g/mol. The first-order valence-corrected chi connectivity index (χ1v) is 7.64. The maximum Gasteiger partial charge on any atom is 0.251 e. The Morgan fingerprint density at radius 1 is 1.38 bits per heavy atom. The minimum atomic E-state index is -0.0895. The van der Waals surface area contributed by atoms with E-state index in [2.05, 4.69) is 22.6 Å². The summed E-state index contributed by atoms with van der Waals surface area (Å²) < 4.78 is 0. The molecule has 0 spiro atoms. The summed E-state index contributed by atoms with van der Waals surface area (Å²) in [7, 11) is 3.81. The van der Waals surface area contributed by atoms with Crippen molar-refractivity contribution in [2.45, 2.75) is 19.3 Å². The number of nitrogen functional groups attached to an aromatic ring is 1. The number of likely N-dealkylation sites (tertiary alicyclic amines) is 1. The van der Waals surface area contributed by atoms with Crippen molar-refractivity contribution in [1.82, 2.24) is 10.2 Å². The molecule has 1 fully saturated rings. The van der Waals surface area contributed by atoms with Gasteiger partial charge in [-0.3, -0.25) is 4.79 Å². The molecule has 21 heavy (non-hydrogen) atoms. The van der Waals surface area contributed by atoms with Gasteiger partial charge >= 0.3 is 0 Å². The number of piperidine rings is 1. The summed E-state index contributed by atoms with van der Waals surface area (Å²) in [6, 6.07) is 5.35. The van der Waals surface area contributed by atoms with Gasteiger partial charge in [-0.05, 0) is 63.5 Å². The summed E-state index contributed by atoms with van der Waals surface area (Å²) in [5, 5.41) is 6.00. The molecule has 116 valence electrons. The lowest BCUT2D eigenvalue weighted by Gasteiger charge is -2.29. The second kappa shape index (κ2) is 7.31. The fourth-order valence-corrected chi connectivity index (χ4v) is 2.76. The molecule has 1 aromatic rings. The molecule has 0 unspecified atom stereocenters. The lowest BCUT2D eigenvalue weighted by atomic mass is 9.94. The molecule has 1 saturated heterocycles. The standard InChI is InChI=1S/C16H26N4O/c1-18-16(21)13-3-4-14(17)15(11-13)19-8-5-12-6-9-20(2)10-7-12/h3-4,11-12,19H,5-10,17H2,1-2H3,(H,18,21). The third-order valence-corrected chi connectivity index (χ3v) is 4.25. The van der Waals surface area contributed by atoms with Crippen LogP contribution in [0.5, 0.6) is 0 Å². The molecule has 0 saturated carbocycles. The number of rotatable bonds is 5. The number of nitrogens with zero attached hydrogens (tertiary/aromatic N) is 1. The molecular weight excluding hydrogens is 264 g/mol. The van der Waals surface area contributed by atoms with Gasteiger partial charge in [-0.15, -0.1) is 0 Å². The molecule has 5 nitrogen and oxygen atoms in total. The van der Waals surface area contributed by atoms with E-state index in [9.17, 15) is 4.79 Å². The smallest absolute Gasteiger partial charge is 0.251 e. The van der Waals surface area contributed by atoms with Crippen LogP contribution < -0.4 is 16.4 Å². The second-order valence-electron chi connectivity index (χ2n) is 5.84. The van der Waals surface area contributed by atoms with E-state index in [1.165, 1.54) is 25.9 Å². The molecule has 0 aromatic heterocycles. The molecular formula is C16H26N4O. The maximum absolute atomic E-state index is 11.6. The van der Waals surface area contributed by atoms with Gasteiger partial charge in [0.2, 0.25) is 0 Å². The molecule has 1 amide bonds. The molecule has 0 atom stereocenters. The fourth-order valence-electron chi connectivity index (χ4n) is 2.76. The van der Waals surface area contributed by atoms with Crippen molar-refractivity contribution in [3.8, 4) is 0 Å². The summed E-state index contributed by atoms with van der Waals surface area (Å²) in [6.07, 6.45) is 3.69. The number of nitrogens with one attached hydrogen (secondary N) is 2. The zero-order valence-corrected chi connectivity index (χ0v) is 13.0. The SMILES string of the molecule is CNC(=O)c1ccc(N)c(NCCC2CCN(C)CC2)c1. The van der Waals surface area contributed by atoms with Crippen molar-refractivity contribution in [3.05, 3.63) is 23.8 Å². The summed E-state index contributed by atoms with van der Waals surface area (Å²) in [5.74, 6) is 0.699. The van der Waals surface area contributed by atoms with Crippen LogP contribution in [0, 0.1) is 5.92 Å². The van der Waals surface area contributed by atoms with Gasteiger partial charge in [0, 0.05) is 19.2 Å². The number of amides is 1. The minimum Gasteiger partial charge on any atom is -0.397 e. The largest absolute Gasteiger partial charge is 0.397 e. The van der Waals surface area contributed by atoms with Crippen molar-refractivity contribution >= 4 is 17.3 Å². The van der Waals surface area contributed by atoms with Gasteiger partial charge in [0.05, 0.1) is 11.4 Å². The van der Waals surface area contributed by atoms with Crippen LogP contribution in [0.2, 0.25) is 0 Å². The van der Waals surface area contributed by atoms with Crippen LogP contribution in [0.25, 0.3) is 0 Å². The van der Waals surface area contributed by atoms with Gasteiger partial charge < -0.3 is 21.3 Å². The van der Waals surface area contributed by atoms with Gasteiger partial charge in [0.25, 0.3) is 5.91 Å². The number of anilines is 2. The molecule has 1 aliphatic heterocycles. The molecule has 0 bridgehead atoms. The number of benzene rings is 1. The highest BCUT2D eigenvalue weighted by molar-refractivity contribution is 5.96. The first-order chi connectivity index (χ1) is 10.1. The highest BCUT2D eigenvalue weighted by Gasteiger charge is 2.16. The van der Waals surface area contributed by atoms with E-state index in [0.717, 1.165) is 24.6 Å². The molecule has 5 heteroatoms. The van der Waals surface area contributed by atoms with E-state index in [1.54, 1.807) is 19.2 Å². The Bertz CT molecular complexity index is 481. The van der Waals surface area contributed by atoms with Crippen LogP contribution in [0.1, 0.15) is 29.6 Å². The predicted octanol–water partition coefficient (Wildman–Crippen LogP) is 1.77. The Hall–Kier alpha value is -1.75. The second-order valence-corrected chi connectivity index (χ2v) is 5.84. The first-order valence-electron chi connectivity index (χ1n) is 7.64. The average molecular weight is 290 g/mol. The summed E-state index contributed by atoms with van der Waals surface area (Å²) in [5.41, 5.74) is 8.14. The maximum atomic E-state index is 11.6.